The fourth-order valence-electron chi connectivity index (χ4n) is 2.36. The molecular weight excluding hydrogens is 266 g/mol. The Labute approximate surface area is 115 Å². The fraction of sp³-hybridized carbons (Fsp3) is 0.429. The number of halogens is 2. The zero-order valence-electron chi connectivity index (χ0n) is 11.1. The Bertz CT molecular complexity index is 507. The monoisotopic (exact) mass is 282 g/mol. The molecule has 0 aromatic heterocycles. The van der Waals surface area contributed by atoms with Gasteiger partial charge < -0.3 is 10.2 Å². The van der Waals surface area contributed by atoms with Crippen LogP contribution >= 0.6 is 0 Å². The standard InChI is InChI=1S/C14H16F2N2O2/c1-14(10-5-3-2-4-6-10)13(20)18(9-11(15)16)8-7-12(19)17-14/h2-6,11H,7-9H2,1H3,(H,17,19). The Morgan fingerprint density at radius 1 is 1.30 bits per heavy atom. The first kappa shape index (κ1) is 14.4. The Balaban J connectivity index is 2.38. The van der Waals surface area contributed by atoms with Crippen molar-refractivity contribution in [3.8, 4) is 0 Å². The van der Waals surface area contributed by atoms with Crippen LogP contribution in [0.1, 0.15) is 18.9 Å². The number of hydrogen-bond donors (Lipinski definition) is 1. The van der Waals surface area contributed by atoms with Crippen LogP contribution < -0.4 is 5.32 Å². The summed E-state index contributed by atoms with van der Waals surface area (Å²) in [5.41, 5.74) is -0.719. The maximum absolute atomic E-state index is 12.6. The van der Waals surface area contributed by atoms with Gasteiger partial charge in [-0.15, -0.1) is 0 Å². The highest BCUT2D eigenvalue weighted by Crippen LogP contribution is 2.26. The molecule has 0 spiro atoms. The van der Waals surface area contributed by atoms with Crippen LogP contribution in [-0.4, -0.2) is 36.2 Å². The summed E-state index contributed by atoms with van der Waals surface area (Å²) >= 11 is 0. The number of nitrogens with one attached hydrogen (secondary N) is 1. The lowest BCUT2D eigenvalue weighted by Gasteiger charge is -2.32. The van der Waals surface area contributed by atoms with Crippen LogP contribution in [0.15, 0.2) is 30.3 Å². The molecule has 1 saturated heterocycles. The predicted octanol–water partition coefficient (Wildman–Crippen LogP) is 1.52. The lowest BCUT2D eigenvalue weighted by Crippen LogP contribution is -2.53. The van der Waals surface area contributed by atoms with Crippen LogP contribution in [0, 0.1) is 0 Å². The normalized spacial score (nSPS) is 23.7. The van der Waals surface area contributed by atoms with Gasteiger partial charge >= 0.3 is 0 Å². The molecule has 1 aromatic rings. The molecule has 1 fully saturated rings. The summed E-state index contributed by atoms with van der Waals surface area (Å²) in [6.45, 7) is 0.903. The van der Waals surface area contributed by atoms with Crippen LogP contribution in [0.2, 0.25) is 0 Å². The van der Waals surface area contributed by atoms with Gasteiger partial charge in [0.1, 0.15) is 5.54 Å². The molecule has 2 amide bonds. The van der Waals surface area contributed by atoms with E-state index in [-0.39, 0.29) is 18.9 Å². The van der Waals surface area contributed by atoms with Crippen molar-refractivity contribution >= 4 is 11.8 Å². The number of carbonyl (C=O) groups excluding carboxylic acids is 2. The van der Waals surface area contributed by atoms with Gasteiger partial charge in [0.05, 0.1) is 6.54 Å². The van der Waals surface area contributed by atoms with Crippen LogP contribution in [-0.2, 0) is 15.1 Å². The van der Waals surface area contributed by atoms with Gasteiger partial charge in [0, 0.05) is 13.0 Å². The van der Waals surface area contributed by atoms with E-state index in [2.05, 4.69) is 5.32 Å². The summed E-state index contributed by atoms with van der Waals surface area (Å²) in [6.07, 6.45) is -2.59. The van der Waals surface area contributed by atoms with Crippen molar-refractivity contribution in [1.29, 1.82) is 0 Å². The average Bonchev–Trinajstić information content (AvgIpc) is 2.52. The highest BCUT2D eigenvalue weighted by molar-refractivity contribution is 5.94. The SMILES string of the molecule is CC1(c2ccccc2)NC(=O)CCN(CC(F)F)C1=O. The molecule has 1 aliphatic rings. The summed E-state index contributed by atoms with van der Waals surface area (Å²) in [5.74, 6) is -0.823. The molecule has 2 rings (SSSR count). The van der Waals surface area contributed by atoms with E-state index in [1.54, 1.807) is 37.3 Å². The maximum Gasteiger partial charge on any atom is 0.255 e. The molecule has 4 nitrogen and oxygen atoms in total. The molecule has 0 bridgehead atoms. The minimum absolute atomic E-state index is 0.0113. The number of hydrogen-bond acceptors (Lipinski definition) is 2. The van der Waals surface area contributed by atoms with E-state index in [9.17, 15) is 18.4 Å². The second-order valence-corrected chi connectivity index (χ2v) is 4.93. The number of carbonyl (C=O) groups is 2. The van der Waals surface area contributed by atoms with Gasteiger partial charge in [-0.1, -0.05) is 30.3 Å². The molecule has 0 radical (unpaired) electrons. The van der Waals surface area contributed by atoms with Gasteiger partial charge in [0.2, 0.25) is 5.91 Å². The molecule has 1 aromatic carbocycles. The molecule has 1 unspecified atom stereocenters. The third kappa shape index (κ3) is 2.79. The quantitative estimate of drug-likeness (QED) is 0.913. The lowest BCUT2D eigenvalue weighted by molar-refractivity contribution is -0.140. The van der Waals surface area contributed by atoms with E-state index in [0.29, 0.717) is 5.56 Å². The Hall–Kier alpha value is -1.98. The molecule has 6 heteroatoms. The van der Waals surface area contributed by atoms with Gasteiger partial charge in [-0.2, -0.15) is 0 Å². The topological polar surface area (TPSA) is 49.4 Å². The van der Waals surface area contributed by atoms with Crippen molar-refractivity contribution in [2.45, 2.75) is 25.3 Å². The Kier molecular flexibility index (Phi) is 4.01. The van der Waals surface area contributed by atoms with Crippen LogP contribution in [0.25, 0.3) is 0 Å². The molecule has 20 heavy (non-hydrogen) atoms. The third-order valence-electron chi connectivity index (χ3n) is 3.42. The van der Waals surface area contributed by atoms with E-state index in [4.69, 9.17) is 0 Å². The van der Waals surface area contributed by atoms with Crippen molar-refractivity contribution in [1.82, 2.24) is 10.2 Å². The first-order valence-corrected chi connectivity index (χ1v) is 6.37. The van der Waals surface area contributed by atoms with Crippen molar-refractivity contribution in [2.24, 2.45) is 0 Å². The summed E-state index contributed by atoms with van der Waals surface area (Å²) < 4.78 is 25.2. The third-order valence-corrected chi connectivity index (χ3v) is 3.42. The van der Waals surface area contributed by atoms with E-state index in [1.807, 2.05) is 0 Å². The zero-order valence-corrected chi connectivity index (χ0v) is 11.1. The molecule has 1 aliphatic heterocycles. The second kappa shape index (κ2) is 5.56. The molecule has 1 atom stereocenters. The van der Waals surface area contributed by atoms with Gasteiger partial charge in [-0.05, 0) is 12.5 Å². The zero-order chi connectivity index (χ0) is 14.8. The maximum atomic E-state index is 12.6. The van der Waals surface area contributed by atoms with Crippen molar-refractivity contribution in [3.63, 3.8) is 0 Å². The van der Waals surface area contributed by atoms with Crippen molar-refractivity contribution in [3.05, 3.63) is 35.9 Å². The smallest absolute Gasteiger partial charge is 0.255 e. The predicted molar refractivity (Wildman–Crippen MR) is 69.1 cm³/mol. The van der Waals surface area contributed by atoms with Crippen LogP contribution in [0.5, 0.6) is 0 Å². The first-order chi connectivity index (χ1) is 9.43. The largest absolute Gasteiger partial charge is 0.338 e. The lowest BCUT2D eigenvalue weighted by atomic mass is 9.90. The fourth-order valence-corrected chi connectivity index (χ4v) is 2.36. The second-order valence-electron chi connectivity index (χ2n) is 4.93. The van der Waals surface area contributed by atoms with Crippen LogP contribution in [0.4, 0.5) is 8.78 Å². The highest BCUT2D eigenvalue weighted by atomic mass is 19.3. The molecule has 1 heterocycles. The van der Waals surface area contributed by atoms with Gasteiger partial charge in [-0.3, -0.25) is 9.59 Å². The van der Waals surface area contributed by atoms with Gasteiger partial charge in [-0.25, -0.2) is 8.78 Å². The number of nitrogens with zero attached hydrogens (tertiary/aromatic N) is 1. The van der Waals surface area contributed by atoms with Crippen LogP contribution in [0.3, 0.4) is 0 Å². The molecular formula is C14H16F2N2O2. The summed E-state index contributed by atoms with van der Waals surface area (Å²) in [6, 6.07) is 8.66. The Morgan fingerprint density at radius 3 is 2.55 bits per heavy atom. The molecule has 0 aliphatic carbocycles. The van der Waals surface area contributed by atoms with Crippen molar-refractivity contribution in [2.75, 3.05) is 13.1 Å². The number of rotatable bonds is 3. The molecule has 1 N–H and O–H groups in total. The minimum Gasteiger partial charge on any atom is -0.338 e. The van der Waals surface area contributed by atoms with Crippen molar-refractivity contribution < 1.29 is 18.4 Å². The summed E-state index contributed by atoms with van der Waals surface area (Å²) in [5, 5.41) is 2.65. The number of benzene rings is 1. The van der Waals surface area contributed by atoms with E-state index in [0.717, 1.165) is 4.90 Å². The first-order valence-electron chi connectivity index (χ1n) is 6.37. The number of amides is 2. The van der Waals surface area contributed by atoms with E-state index < -0.39 is 24.4 Å². The summed E-state index contributed by atoms with van der Waals surface area (Å²) in [7, 11) is 0. The Morgan fingerprint density at radius 2 is 1.95 bits per heavy atom. The highest BCUT2D eigenvalue weighted by Gasteiger charge is 2.42. The van der Waals surface area contributed by atoms with Gasteiger partial charge in [0.25, 0.3) is 12.3 Å². The molecule has 0 saturated carbocycles. The van der Waals surface area contributed by atoms with Gasteiger partial charge in [0.15, 0.2) is 0 Å². The minimum atomic E-state index is -2.62. The number of alkyl halides is 2. The van der Waals surface area contributed by atoms with E-state index >= 15 is 0 Å². The average molecular weight is 282 g/mol. The molecule has 108 valence electrons. The summed E-state index contributed by atoms with van der Waals surface area (Å²) in [4.78, 5) is 25.3. The van der Waals surface area contributed by atoms with E-state index in [1.165, 1.54) is 0 Å².